The summed E-state index contributed by atoms with van der Waals surface area (Å²) in [5.41, 5.74) is 1.33. The van der Waals surface area contributed by atoms with Crippen molar-refractivity contribution < 1.29 is 14.3 Å². The topological polar surface area (TPSA) is 63.7 Å². The Bertz CT molecular complexity index is 690. The quantitative estimate of drug-likeness (QED) is 0.576. The molecular formula is C24H33N3O3. The van der Waals surface area contributed by atoms with Crippen LogP contribution < -0.4 is 10.1 Å². The summed E-state index contributed by atoms with van der Waals surface area (Å²) >= 11 is 0. The van der Waals surface area contributed by atoms with Crippen LogP contribution in [-0.4, -0.2) is 62.3 Å². The Labute approximate surface area is 179 Å². The summed E-state index contributed by atoms with van der Waals surface area (Å²) in [7, 11) is 1.68. The van der Waals surface area contributed by atoms with Gasteiger partial charge in [0.15, 0.2) is 0 Å². The summed E-state index contributed by atoms with van der Waals surface area (Å²) in [5, 5.41) is 3.08. The number of ether oxygens (including phenoxy) is 2. The Morgan fingerprint density at radius 3 is 2.83 bits per heavy atom. The maximum absolute atomic E-state index is 12.8. The van der Waals surface area contributed by atoms with Crippen molar-refractivity contribution >= 4 is 5.91 Å². The average molecular weight is 412 g/mol. The van der Waals surface area contributed by atoms with Crippen LogP contribution in [0, 0.1) is 11.8 Å². The van der Waals surface area contributed by atoms with Gasteiger partial charge in [0.25, 0.3) is 0 Å². The lowest BCUT2D eigenvalue weighted by Crippen LogP contribution is -2.48. The lowest BCUT2D eigenvalue weighted by molar-refractivity contribution is -0.127. The number of piperidine rings is 1. The molecule has 30 heavy (non-hydrogen) atoms. The third-order valence-corrected chi connectivity index (χ3v) is 5.49. The second kappa shape index (κ2) is 12.3. The maximum Gasteiger partial charge on any atom is 0.224 e. The molecule has 6 heteroatoms. The Kier molecular flexibility index (Phi) is 9.12. The van der Waals surface area contributed by atoms with Crippen molar-refractivity contribution in [3.05, 3.63) is 60.4 Å². The molecule has 0 saturated carbocycles. The summed E-state index contributed by atoms with van der Waals surface area (Å²) in [5.74, 6) is 1.21. The van der Waals surface area contributed by atoms with E-state index in [0.29, 0.717) is 25.7 Å². The number of methoxy groups -OCH3 is 1. The van der Waals surface area contributed by atoms with Crippen LogP contribution in [0.5, 0.6) is 5.75 Å². The van der Waals surface area contributed by atoms with Crippen molar-refractivity contribution in [2.75, 3.05) is 46.5 Å². The molecule has 0 spiro atoms. The predicted molar refractivity (Wildman–Crippen MR) is 117 cm³/mol. The fraction of sp³-hybridized carbons (Fsp3) is 0.500. The van der Waals surface area contributed by atoms with E-state index in [2.05, 4.69) is 39.5 Å². The van der Waals surface area contributed by atoms with Gasteiger partial charge < -0.3 is 19.7 Å². The number of hydrogen-bond donors (Lipinski definition) is 1. The third kappa shape index (κ3) is 7.43. The van der Waals surface area contributed by atoms with Gasteiger partial charge in [0.05, 0.1) is 18.7 Å². The molecule has 1 aliphatic rings. The fourth-order valence-electron chi connectivity index (χ4n) is 3.95. The number of pyridine rings is 1. The molecule has 2 heterocycles. The zero-order chi connectivity index (χ0) is 21.0. The van der Waals surface area contributed by atoms with Crippen molar-refractivity contribution in [3.63, 3.8) is 0 Å². The molecule has 0 bridgehead atoms. The highest BCUT2D eigenvalue weighted by atomic mass is 16.5. The zero-order valence-corrected chi connectivity index (χ0v) is 17.8. The average Bonchev–Trinajstić information content (AvgIpc) is 2.80. The number of likely N-dealkylation sites (tertiary alicyclic amines) is 1. The molecule has 1 amide bonds. The Morgan fingerprint density at radius 2 is 2.07 bits per heavy atom. The van der Waals surface area contributed by atoms with Gasteiger partial charge in [-0.2, -0.15) is 0 Å². The van der Waals surface area contributed by atoms with Gasteiger partial charge >= 0.3 is 0 Å². The van der Waals surface area contributed by atoms with Gasteiger partial charge in [0.1, 0.15) is 5.75 Å². The molecule has 1 saturated heterocycles. The molecule has 1 aromatic heterocycles. The molecule has 2 atom stereocenters. The number of aromatic nitrogens is 1. The second-order valence-electron chi connectivity index (χ2n) is 7.93. The minimum atomic E-state index is -0.0143. The van der Waals surface area contributed by atoms with Crippen LogP contribution in [0.4, 0.5) is 0 Å². The number of carbonyl (C=O) groups excluding carboxylic acids is 1. The van der Waals surface area contributed by atoms with E-state index in [-0.39, 0.29) is 11.8 Å². The number of hydrogen-bond acceptors (Lipinski definition) is 5. The van der Waals surface area contributed by atoms with Crippen LogP contribution in [0.3, 0.4) is 0 Å². The number of benzene rings is 1. The van der Waals surface area contributed by atoms with E-state index >= 15 is 0 Å². The largest absolute Gasteiger partial charge is 0.492 e. The predicted octanol–water partition coefficient (Wildman–Crippen LogP) is 2.79. The van der Waals surface area contributed by atoms with Gasteiger partial charge in [0, 0.05) is 52.0 Å². The first-order valence-corrected chi connectivity index (χ1v) is 10.8. The second-order valence-corrected chi connectivity index (χ2v) is 7.93. The van der Waals surface area contributed by atoms with Crippen LogP contribution in [-0.2, 0) is 16.0 Å². The first kappa shape index (κ1) is 22.2. The molecule has 3 rings (SSSR count). The lowest BCUT2D eigenvalue weighted by Gasteiger charge is -2.37. The minimum Gasteiger partial charge on any atom is -0.492 e. The van der Waals surface area contributed by atoms with E-state index in [9.17, 15) is 4.79 Å². The van der Waals surface area contributed by atoms with Gasteiger partial charge in [-0.05, 0) is 37.0 Å². The molecule has 1 N–H and O–H groups in total. The Hall–Kier alpha value is -2.44. The molecule has 0 aliphatic carbocycles. The van der Waals surface area contributed by atoms with E-state index in [1.807, 2.05) is 18.2 Å². The van der Waals surface area contributed by atoms with Crippen molar-refractivity contribution in [1.29, 1.82) is 0 Å². The van der Waals surface area contributed by atoms with Crippen molar-refractivity contribution in [1.82, 2.24) is 15.2 Å². The number of nitrogens with one attached hydrogen (secondary N) is 1. The molecule has 1 aliphatic heterocycles. The maximum atomic E-state index is 12.8. The normalized spacial score (nSPS) is 19.4. The first-order chi connectivity index (χ1) is 14.7. The number of rotatable bonds is 11. The number of nitrogens with zero attached hydrogens (tertiary/aromatic N) is 2. The summed E-state index contributed by atoms with van der Waals surface area (Å²) in [6.45, 7) is 4.61. The molecule has 1 fully saturated rings. The summed E-state index contributed by atoms with van der Waals surface area (Å²) < 4.78 is 11.0. The van der Waals surface area contributed by atoms with Gasteiger partial charge in [0.2, 0.25) is 5.91 Å². The molecular weight excluding hydrogens is 378 g/mol. The van der Waals surface area contributed by atoms with Gasteiger partial charge in [-0.3, -0.25) is 9.78 Å². The molecule has 0 unspecified atom stereocenters. The lowest BCUT2D eigenvalue weighted by atomic mass is 9.88. The van der Waals surface area contributed by atoms with E-state index in [1.54, 1.807) is 19.5 Å². The first-order valence-electron chi connectivity index (χ1n) is 10.8. The fourth-order valence-corrected chi connectivity index (χ4v) is 3.95. The molecule has 0 radical (unpaired) electrons. The highest BCUT2D eigenvalue weighted by Gasteiger charge is 2.31. The molecule has 6 nitrogen and oxygen atoms in total. The third-order valence-electron chi connectivity index (χ3n) is 5.49. The van der Waals surface area contributed by atoms with Crippen LogP contribution >= 0.6 is 0 Å². The number of carbonyl (C=O) groups is 1. The summed E-state index contributed by atoms with van der Waals surface area (Å²) in [6, 6.07) is 14.3. The highest BCUT2D eigenvalue weighted by molar-refractivity contribution is 5.79. The van der Waals surface area contributed by atoms with Gasteiger partial charge in [-0.25, -0.2) is 0 Å². The monoisotopic (exact) mass is 411 g/mol. The Balaban J connectivity index is 1.56. The standard InChI is InChI=1S/C24H33N3O3/c1-29-14-6-12-26-24(28)22-15-21(19-30-23-9-5-11-25-16-23)17-27(18-22)13-10-20-7-3-2-4-8-20/h2-5,7-9,11,16,21-22H,6,10,12-15,17-19H2,1H3,(H,26,28)/t21-,22+/m0/s1. The van der Waals surface area contributed by atoms with Crippen LogP contribution in [0.2, 0.25) is 0 Å². The molecule has 2 aromatic rings. The summed E-state index contributed by atoms with van der Waals surface area (Å²) in [4.78, 5) is 19.3. The van der Waals surface area contributed by atoms with E-state index in [4.69, 9.17) is 9.47 Å². The Morgan fingerprint density at radius 1 is 1.20 bits per heavy atom. The van der Waals surface area contributed by atoms with Gasteiger partial charge in [-0.1, -0.05) is 30.3 Å². The zero-order valence-electron chi connectivity index (χ0n) is 17.8. The van der Waals surface area contributed by atoms with Crippen molar-refractivity contribution in [2.24, 2.45) is 11.8 Å². The molecule has 162 valence electrons. The van der Waals surface area contributed by atoms with E-state index in [1.165, 1.54) is 5.56 Å². The SMILES string of the molecule is COCCCNC(=O)[C@@H]1C[C@H](COc2cccnc2)CN(CCc2ccccc2)C1. The number of amides is 1. The van der Waals surface area contributed by atoms with Crippen LogP contribution in [0.25, 0.3) is 0 Å². The minimum absolute atomic E-state index is 0.0143. The van der Waals surface area contributed by atoms with Crippen LogP contribution in [0.1, 0.15) is 18.4 Å². The summed E-state index contributed by atoms with van der Waals surface area (Å²) in [6.07, 6.45) is 6.14. The van der Waals surface area contributed by atoms with Crippen molar-refractivity contribution in [2.45, 2.75) is 19.3 Å². The van der Waals surface area contributed by atoms with Crippen LogP contribution in [0.15, 0.2) is 54.9 Å². The van der Waals surface area contributed by atoms with Crippen molar-refractivity contribution in [3.8, 4) is 5.75 Å². The smallest absolute Gasteiger partial charge is 0.224 e. The van der Waals surface area contributed by atoms with E-state index in [0.717, 1.165) is 44.6 Å². The highest BCUT2D eigenvalue weighted by Crippen LogP contribution is 2.24. The molecule has 1 aromatic carbocycles. The van der Waals surface area contributed by atoms with Gasteiger partial charge in [-0.15, -0.1) is 0 Å². The van der Waals surface area contributed by atoms with E-state index < -0.39 is 0 Å².